The molecule has 38 heavy (non-hydrogen) atoms. The molecule has 0 spiro atoms. The third-order valence-corrected chi connectivity index (χ3v) is 5.21. The van der Waals surface area contributed by atoms with Crippen LogP contribution in [-0.4, -0.2) is 60.3 Å². The van der Waals surface area contributed by atoms with Crippen LogP contribution in [0.15, 0.2) is 71.7 Å². The SMILES string of the molecule is CCOC(=O)OC(CNC(=O)c1ncc(C(=O)NC(c2ccccc2)c2ccccc2)c(=O)[nH]1)C(=O)OC. The summed E-state index contributed by atoms with van der Waals surface area (Å²) in [5, 5.41) is 5.14. The van der Waals surface area contributed by atoms with Gasteiger partial charge < -0.3 is 29.8 Å². The van der Waals surface area contributed by atoms with Crippen LogP contribution in [0.1, 0.15) is 45.1 Å². The first kappa shape index (κ1) is 27.6. The van der Waals surface area contributed by atoms with Gasteiger partial charge in [-0.1, -0.05) is 60.7 Å². The molecule has 3 aromatic rings. The minimum absolute atomic E-state index is 0.0155. The van der Waals surface area contributed by atoms with E-state index in [2.05, 4.69) is 30.1 Å². The smallest absolute Gasteiger partial charge is 0.466 e. The molecule has 12 heteroatoms. The van der Waals surface area contributed by atoms with E-state index in [0.717, 1.165) is 24.4 Å². The van der Waals surface area contributed by atoms with Crippen LogP contribution in [0.25, 0.3) is 0 Å². The van der Waals surface area contributed by atoms with Gasteiger partial charge in [-0.05, 0) is 18.1 Å². The van der Waals surface area contributed by atoms with Gasteiger partial charge >= 0.3 is 12.1 Å². The maximum atomic E-state index is 13.0. The number of aromatic amines is 1. The molecule has 0 saturated heterocycles. The number of amides is 2. The fourth-order valence-electron chi connectivity index (χ4n) is 3.37. The number of carbonyl (C=O) groups is 4. The summed E-state index contributed by atoms with van der Waals surface area (Å²) >= 11 is 0. The Balaban J connectivity index is 1.72. The van der Waals surface area contributed by atoms with Gasteiger partial charge in [0, 0.05) is 6.20 Å². The number of hydrogen-bond acceptors (Lipinski definition) is 9. The normalized spacial score (nSPS) is 11.2. The highest BCUT2D eigenvalue weighted by Crippen LogP contribution is 2.22. The standard InChI is InChI=1S/C26H26N4O8/c1-3-37-26(35)38-19(25(34)36-2)15-28-24(33)21-27-14-18(23(32)30-21)22(31)29-20(16-10-6-4-7-11-16)17-12-8-5-9-13-17/h4-14,19-20H,3,15H2,1-2H3,(H,28,33)(H,29,31)(H,27,30,32). The lowest BCUT2D eigenvalue weighted by Crippen LogP contribution is -2.41. The van der Waals surface area contributed by atoms with Crippen molar-refractivity contribution in [3.05, 3.63) is 99.7 Å². The lowest BCUT2D eigenvalue weighted by molar-refractivity contribution is -0.151. The molecule has 3 N–H and O–H groups in total. The van der Waals surface area contributed by atoms with Crippen molar-refractivity contribution in [2.75, 3.05) is 20.3 Å². The summed E-state index contributed by atoms with van der Waals surface area (Å²) in [6.07, 6.45) is -1.64. The fraction of sp³-hybridized carbons (Fsp3) is 0.231. The molecule has 1 heterocycles. The molecular weight excluding hydrogens is 496 g/mol. The van der Waals surface area contributed by atoms with Gasteiger partial charge in [-0.25, -0.2) is 14.6 Å². The fourth-order valence-corrected chi connectivity index (χ4v) is 3.37. The second kappa shape index (κ2) is 13.3. The van der Waals surface area contributed by atoms with Crippen molar-refractivity contribution >= 4 is 23.9 Å². The van der Waals surface area contributed by atoms with Gasteiger partial charge in [0.25, 0.3) is 17.4 Å². The highest BCUT2D eigenvalue weighted by Gasteiger charge is 2.26. The summed E-state index contributed by atoms with van der Waals surface area (Å²) in [5.41, 5.74) is 0.446. The monoisotopic (exact) mass is 522 g/mol. The third-order valence-electron chi connectivity index (χ3n) is 5.21. The molecule has 12 nitrogen and oxygen atoms in total. The quantitative estimate of drug-likeness (QED) is 0.336. The van der Waals surface area contributed by atoms with Gasteiger partial charge in [-0.3, -0.25) is 14.4 Å². The molecule has 0 fully saturated rings. The van der Waals surface area contributed by atoms with Crippen LogP contribution in [0.4, 0.5) is 4.79 Å². The van der Waals surface area contributed by atoms with Crippen molar-refractivity contribution in [1.29, 1.82) is 0 Å². The van der Waals surface area contributed by atoms with E-state index in [0.29, 0.717) is 0 Å². The highest BCUT2D eigenvalue weighted by atomic mass is 16.7. The Morgan fingerprint density at radius 3 is 2.08 bits per heavy atom. The van der Waals surface area contributed by atoms with E-state index in [4.69, 9.17) is 4.74 Å². The molecule has 1 aromatic heterocycles. The summed E-state index contributed by atoms with van der Waals surface area (Å²) in [7, 11) is 1.08. The van der Waals surface area contributed by atoms with Crippen LogP contribution < -0.4 is 16.2 Å². The zero-order valence-corrected chi connectivity index (χ0v) is 20.6. The molecule has 0 aliphatic carbocycles. The molecule has 0 radical (unpaired) electrons. The largest absolute Gasteiger partial charge is 0.509 e. The van der Waals surface area contributed by atoms with Gasteiger partial charge in [-0.15, -0.1) is 0 Å². The van der Waals surface area contributed by atoms with Crippen molar-refractivity contribution in [2.45, 2.75) is 19.1 Å². The number of H-pyrrole nitrogens is 1. The Morgan fingerprint density at radius 1 is 0.947 bits per heavy atom. The number of carbonyl (C=O) groups excluding carboxylic acids is 4. The van der Waals surface area contributed by atoms with Crippen LogP contribution in [0, 0.1) is 0 Å². The van der Waals surface area contributed by atoms with Gasteiger partial charge in [-0.2, -0.15) is 0 Å². The zero-order chi connectivity index (χ0) is 27.5. The number of methoxy groups -OCH3 is 1. The number of nitrogens with zero attached hydrogens (tertiary/aromatic N) is 1. The Morgan fingerprint density at radius 2 is 1.55 bits per heavy atom. The molecule has 0 aliphatic rings. The maximum absolute atomic E-state index is 13.0. The van der Waals surface area contributed by atoms with Gasteiger partial charge in [0.15, 0.2) is 5.82 Å². The Hall–Kier alpha value is -5.00. The average molecular weight is 523 g/mol. The van der Waals surface area contributed by atoms with Gasteiger partial charge in [0.1, 0.15) is 5.56 Å². The number of esters is 1. The molecule has 198 valence electrons. The summed E-state index contributed by atoms with van der Waals surface area (Å²) in [5.74, 6) is -2.94. The Bertz CT molecular complexity index is 1290. The number of rotatable bonds is 10. The number of hydrogen-bond donors (Lipinski definition) is 3. The summed E-state index contributed by atoms with van der Waals surface area (Å²) < 4.78 is 14.0. The molecule has 1 atom stereocenters. The molecular formula is C26H26N4O8. The predicted molar refractivity (Wildman–Crippen MR) is 133 cm³/mol. The minimum Gasteiger partial charge on any atom is -0.466 e. The van der Waals surface area contributed by atoms with Gasteiger partial charge in [0.05, 0.1) is 26.3 Å². The van der Waals surface area contributed by atoms with E-state index in [9.17, 15) is 24.0 Å². The van der Waals surface area contributed by atoms with Gasteiger partial charge in [0.2, 0.25) is 6.10 Å². The molecule has 0 aliphatic heterocycles. The Labute approximate surface area is 217 Å². The number of benzene rings is 2. The first-order chi connectivity index (χ1) is 18.3. The van der Waals surface area contributed by atoms with Crippen molar-refractivity contribution < 1.29 is 33.4 Å². The first-order valence-electron chi connectivity index (χ1n) is 11.5. The van der Waals surface area contributed by atoms with E-state index in [-0.39, 0.29) is 12.2 Å². The predicted octanol–water partition coefficient (Wildman–Crippen LogP) is 1.73. The van der Waals surface area contributed by atoms with Crippen LogP contribution in [-0.2, 0) is 19.0 Å². The first-order valence-corrected chi connectivity index (χ1v) is 11.5. The lowest BCUT2D eigenvalue weighted by Gasteiger charge is -2.19. The number of aromatic nitrogens is 2. The number of nitrogens with one attached hydrogen (secondary N) is 3. The summed E-state index contributed by atoms with van der Waals surface area (Å²) in [6, 6.07) is 17.9. The van der Waals surface area contributed by atoms with Crippen molar-refractivity contribution in [3.8, 4) is 0 Å². The molecule has 2 aromatic carbocycles. The second-order valence-electron chi connectivity index (χ2n) is 7.73. The van der Waals surface area contributed by atoms with E-state index < -0.39 is 54.0 Å². The molecule has 1 unspecified atom stereocenters. The van der Waals surface area contributed by atoms with E-state index in [1.807, 2.05) is 60.7 Å². The zero-order valence-electron chi connectivity index (χ0n) is 20.6. The lowest BCUT2D eigenvalue weighted by atomic mass is 9.98. The van der Waals surface area contributed by atoms with Crippen molar-refractivity contribution in [2.24, 2.45) is 0 Å². The molecule has 0 bridgehead atoms. The van der Waals surface area contributed by atoms with E-state index in [1.165, 1.54) is 0 Å². The average Bonchev–Trinajstić information content (AvgIpc) is 2.94. The Kier molecular flexibility index (Phi) is 9.69. The topological polar surface area (TPSA) is 166 Å². The van der Waals surface area contributed by atoms with Crippen LogP contribution in [0.3, 0.4) is 0 Å². The molecule has 3 rings (SSSR count). The third kappa shape index (κ3) is 7.26. The van der Waals surface area contributed by atoms with E-state index in [1.54, 1.807) is 6.92 Å². The van der Waals surface area contributed by atoms with Crippen LogP contribution in [0.2, 0.25) is 0 Å². The van der Waals surface area contributed by atoms with Crippen LogP contribution >= 0.6 is 0 Å². The van der Waals surface area contributed by atoms with Crippen molar-refractivity contribution in [3.63, 3.8) is 0 Å². The minimum atomic E-state index is -1.49. The number of ether oxygens (including phenoxy) is 3. The highest BCUT2D eigenvalue weighted by molar-refractivity contribution is 5.95. The summed E-state index contributed by atoms with van der Waals surface area (Å²) in [6.45, 7) is 1.08. The summed E-state index contributed by atoms with van der Waals surface area (Å²) in [4.78, 5) is 67.6. The second-order valence-corrected chi connectivity index (χ2v) is 7.73. The maximum Gasteiger partial charge on any atom is 0.509 e. The van der Waals surface area contributed by atoms with Crippen molar-refractivity contribution in [1.82, 2.24) is 20.6 Å². The molecule has 2 amide bonds. The van der Waals surface area contributed by atoms with E-state index >= 15 is 0 Å². The van der Waals surface area contributed by atoms with Crippen LogP contribution in [0.5, 0.6) is 0 Å². The molecule has 0 saturated carbocycles.